The number of nitrogens with zero attached hydrogens (tertiary/aromatic N) is 2. The largest absolute Gasteiger partial charge is 0.388 e. The molecule has 2 fully saturated rings. The molecule has 7 heteroatoms. The van der Waals surface area contributed by atoms with E-state index < -0.39 is 15.4 Å². The fraction of sp³-hybridized carbons (Fsp3) is 0.625. The molecule has 1 aromatic carbocycles. The van der Waals surface area contributed by atoms with Crippen molar-refractivity contribution in [2.24, 2.45) is 0 Å². The minimum absolute atomic E-state index is 0.216. The van der Waals surface area contributed by atoms with Gasteiger partial charge in [0.1, 0.15) is 0 Å². The van der Waals surface area contributed by atoms with Gasteiger partial charge in [-0.05, 0) is 37.1 Å². The van der Waals surface area contributed by atoms with Gasteiger partial charge in [0.2, 0.25) is 0 Å². The van der Waals surface area contributed by atoms with Crippen LogP contribution in [0.25, 0.3) is 0 Å². The van der Waals surface area contributed by atoms with Gasteiger partial charge in [-0.15, -0.1) is 0 Å². The number of β-amino-alcohol motifs (C(OH)–C–C–N with tert-alkyl or cyclic N) is 1. The van der Waals surface area contributed by atoms with Crippen molar-refractivity contribution in [3.8, 4) is 0 Å². The predicted molar refractivity (Wildman–Crippen MR) is 95.6 cm³/mol. The third-order valence-electron chi connectivity index (χ3n) is 4.84. The van der Waals surface area contributed by atoms with Crippen molar-refractivity contribution in [3.05, 3.63) is 28.7 Å². The molecule has 3 rings (SSSR count). The van der Waals surface area contributed by atoms with Crippen LogP contribution in [0, 0.1) is 0 Å². The Labute approximate surface area is 146 Å². The Bertz CT molecular complexity index is 626. The number of piperidine rings is 1. The number of rotatable bonds is 3. The van der Waals surface area contributed by atoms with Gasteiger partial charge in [-0.3, -0.25) is 4.90 Å². The number of sulfone groups is 1. The first-order valence-electron chi connectivity index (χ1n) is 8.01. The van der Waals surface area contributed by atoms with E-state index in [-0.39, 0.29) is 11.5 Å². The molecule has 2 aliphatic rings. The first-order valence-corrected chi connectivity index (χ1v) is 10.6. The number of aliphatic hydroxyl groups is 1. The van der Waals surface area contributed by atoms with Crippen molar-refractivity contribution in [2.45, 2.75) is 18.4 Å². The maximum Gasteiger partial charge on any atom is 0.152 e. The fourth-order valence-electron chi connectivity index (χ4n) is 3.32. The molecule has 1 aromatic rings. The Morgan fingerprint density at radius 3 is 2.17 bits per heavy atom. The van der Waals surface area contributed by atoms with Crippen LogP contribution < -0.4 is 4.90 Å². The number of hydrogen-bond donors (Lipinski definition) is 1. The summed E-state index contributed by atoms with van der Waals surface area (Å²) in [5.74, 6) is 0.433. The van der Waals surface area contributed by atoms with E-state index in [0.29, 0.717) is 32.5 Å². The van der Waals surface area contributed by atoms with Crippen molar-refractivity contribution in [2.75, 3.05) is 49.1 Å². The van der Waals surface area contributed by atoms with Gasteiger partial charge in [-0.1, -0.05) is 15.9 Å². The molecule has 0 unspecified atom stereocenters. The number of hydrogen-bond acceptors (Lipinski definition) is 5. The van der Waals surface area contributed by atoms with Crippen LogP contribution in [0.5, 0.6) is 0 Å². The monoisotopic (exact) mass is 402 g/mol. The molecule has 0 amide bonds. The van der Waals surface area contributed by atoms with Crippen LogP contribution in [0.3, 0.4) is 0 Å². The van der Waals surface area contributed by atoms with Gasteiger partial charge in [0.05, 0.1) is 17.1 Å². The Kier molecular flexibility index (Phi) is 5.01. The standard InChI is InChI=1S/C16H23BrN2O3S/c17-14-1-3-15(4-2-14)19-7-5-16(20,6-8-19)13-18-9-11-23(21,22)12-10-18/h1-4,20H,5-13H2. The van der Waals surface area contributed by atoms with E-state index in [1.165, 1.54) is 5.69 Å². The van der Waals surface area contributed by atoms with Crippen LogP contribution in [0.4, 0.5) is 5.69 Å². The van der Waals surface area contributed by atoms with Gasteiger partial charge in [0.25, 0.3) is 0 Å². The predicted octanol–water partition coefficient (Wildman–Crippen LogP) is 1.51. The molecule has 2 aliphatic heterocycles. The molecule has 0 saturated carbocycles. The second kappa shape index (κ2) is 6.70. The lowest BCUT2D eigenvalue weighted by molar-refractivity contribution is -0.0144. The summed E-state index contributed by atoms with van der Waals surface area (Å²) < 4.78 is 24.1. The molecular formula is C16H23BrN2O3S. The Morgan fingerprint density at radius 2 is 1.61 bits per heavy atom. The summed E-state index contributed by atoms with van der Waals surface area (Å²) in [5, 5.41) is 10.8. The summed E-state index contributed by atoms with van der Waals surface area (Å²) in [4.78, 5) is 4.39. The minimum Gasteiger partial charge on any atom is -0.388 e. The van der Waals surface area contributed by atoms with Gasteiger partial charge in [-0.2, -0.15) is 0 Å². The summed E-state index contributed by atoms with van der Waals surface area (Å²) in [7, 11) is -2.86. The lowest BCUT2D eigenvalue weighted by Gasteiger charge is -2.42. The SMILES string of the molecule is O=S1(=O)CCN(CC2(O)CCN(c3ccc(Br)cc3)CC2)CC1. The van der Waals surface area contributed by atoms with Gasteiger partial charge < -0.3 is 10.0 Å². The Balaban J connectivity index is 1.54. The van der Waals surface area contributed by atoms with Crippen molar-refractivity contribution in [1.82, 2.24) is 4.90 Å². The molecule has 0 aliphatic carbocycles. The van der Waals surface area contributed by atoms with Crippen LogP contribution in [0.1, 0.15) is 12.8 Å². The van der Waals surface area contributed by atoms with Gasteiger partial charge in [0.15, 0.2) is 9.84 Å². The van der Waals surface area contributed by atoms with E-state index in [4.69, 9.17) is 0 Å². The zero-order valence-electron chi connectivity index (χ0n) is 13.1. The average molecular weight is 403 g/mol. The zero-order valence-corrected chi connectivity index (χ0v) is 15.5. The maximum absolute atomic E-state index is 11.5. The molecule has 23 heavy (non-hydrogen) atoms. The van der Waals surface area contributed by atoms with Crippen molar-refractivity contribution in [1.29, 1.82) is 0 Å². The highest BCUT2D eigenvalue weighted by Crippen LogP contribution is 2.28. The molecule has 2 saturated heterocycles. The summed E-state index contributed by atoms with van der Waals surface area (Å²) in [6.45, 7) is 3.31. The van der Waals surface area contributed by atoms with Crippen LogP contribution in [-0.2, 0) is 9.84 Å². The molecule has 5 nitrogen and oxygen atoms in total. The minimum atomic E-state index is -2.86. The molecule has 0 bridgehead atoms. The normalized spacial score (nSPS) is 24.5. The number of benzene rings is 1. The van der Waals surface area contributed by atoms with Crippen molar-refractivity contribution in [3.63, 3.8) is 0 Å². The highest BCUT2D eigenvalue weighted by molar-refractivity contribution is 9.10. The van der Waals surface area contributed by atoms with Crippen LogP contribution in [0.15, 0.2) is 28.7 Å². The van der Waals surface area contributed by atoms with E-state index >= 15 is 0 Å². The third-order valence-corrected chi connectivity index (χ3v) is 6.98. The molecule has 0 atom stereocenters. The van der Waals surface area contributed by atoms with E-state index in [1.54, 1.807) is 0 Å². The van der Waals surface area contributed by atoms with Crippen LogP contribution >= 0.6 is 15.9 Å². The Hall–Kier alpha value is -0.630. The van der Waals surface area contributed by atoms with Gasteiger partial charge >= 0.3 is 0 Å². The molecule has 0 spiro atoms. The lowest BCUT2D eigenvalue weighted by atomic mass is 9.90. The first kappa shape index (κ1) is 17.2. The van der Waals surface area contributed by atoms with Crippen LogP contribution in [-0.4, -0.2) is 68.3 Å². The molecule has 1 N–H and O–H groups in total. The third kappa shape index (κ3) is 4.47. The van der Waals surface area contributed by atoms with Gasteiger partial charge in [-0.25, -0.2) is 8.42 Å². The maximum atomic E-state index is 11.5. The smallest absolute Gasteiger partial charge is 0.152 e. The quantitative estimate of drug-likeness (QED) is 0.829. The highest BCUT2D eigenvalue weighted by Gasteiger charge is 2.35. The zero-order chi connectivity index (χ0) is 16.5. The lowest BCUT2D eigenvalue weighted by Crippen LogP contribution is -2.53. The van der Waals surface area contributed by atoms with Crippen LogP contribution in [0.2, 0.25) is 0 Å². The van der Waals surface area contributed by atoms with E-state index in [1.807, 2.05) is 12.1 Å². The van der Waals surface area contributed by atoms with E-state index in [0.717, 1.165) is 17.6 Å². The van der Waals surface area contributed by atoms with Gasteiger partial charge in [0, 0.05) is 42.9 Å². The summed E-state index contributed by atoms with van der Waals surface area (Å²) in [6, 6.07) is 8.24. The van der Waals surface area contributed by atoms with E-state index in [9.17, 15) is 13.5 Å². The second-order valence-electron chi connectivity index (χ2n) is 6.62. The molecule has 128 valence electrons. The van der Waals surface area contributed by atoms with E-state index in [2.05, 4.69) is 37.9 Å². The molecule has 0 aromatic heterocycles. The topological polar surface area (TPSA) is 60.9 Å². The average Bonchev–Trinajstić information content (AvgIpc) is 2.51. The molecular weight excluding hydrogens is 380 g/mol. The van der Waals surface area contributed by atoms with Crippen molar-refractivity contribution >= 4 is 31.5 Å². The summed E-state index contributed by atoms with van der Waals surface area (Å²) >= 11 is 3.44. The highest BCUT2D eigenvalue weighted by atomic mass is 79.9. The second-order valence-corrected chi connectivity index (χ2v) is 9.84. The van der Waals surface area contributed by atoms with Crippen molar-refractivity contribution < 1.29 is 13.5 Å². The first-order chi connectivity index (χ1) is 10.9. The summed E-state index contributed by atoms with van der Waals surface area (Å²) in [5.41, 5.74) is 0.478. The number of anilines is 1. The molecule has 0 radical (unpaired) electrons. The number of halogens is 1. The summed E-state index contributed by atoms with van der Waals surface area (Å²) in [6.07, 6.45) is 1.43. The Morgan fingerprint density at radius 1 is 1.04 bits per heavy atom. The molecule has 2 heterocycles. The fourth-order valence-corrected chi connectivity index (χ4v) is 4.86.